The van der Waals surface area contributed by atoms with Gasteiger partial charge in [0.2, 0.25) is 0 Å². The number of rotatable bonds is 5. The van der Waals surface area contributed by atoms with E-state index in [0.717, 1.165) is 45.9 Å². The molecule has 1 fully saturated rings. The minimum absolute atomic E-state index is 0.0302. The Balaban J connectivity index is 1.51. The molecule has 0 atom stereocenters. The zero-order valence-corrected chi connectivity index (χ0v) is 17.6. The van der Waals surface area contributed by atoms with Gasteiger partial charge in [-0.25, -0.2) is 0 Å². The normalized spacial score (nSPS) is 14.2. The van der Waals surface area contributed by atoms with Crippen molar-refractivity contribution < 1.29 is 14.3 Å². The number of hydrogen-bond acceptors (Lipinski definition) is 4. The number of aryl methyl sites for hydroxylation is 2. The molecule has 1 aliphatic heterocycles. The maximum absolute atomic E-state index is 12.5. The predicted molar refractivity (Wildman–Crippen MR) is 111 cm³/mol. The summed E-state index contributed by atoms with van der Waals surface area (Å²) in [5.41, 5.74) is 3.36. The molecule has 1 amide bonds. The van der Waals surface area contributed by atoms with Gasteiger partial charge in [-0.15, -0.1) is 0 Å². The van der Waals surface area contributed by atoms with Gasteiger partial charge in [0.25, 0.3) is 5.91 Å². The maximum atomic E-state index is 12.5. The lowest BCUT2D eigenvalue weighted by Crippen LogP contribution is -2.50. The summed E-state index contributed by atoms with van der Waals surface area (Å²) < 4.78 is 12.0. The minimum Gasteiger partial charge on any atom is -0.497 e. The molecule has 0 radical (unpaired) electrons. The smallest absolute Gasteiger partial charge is 0.260 e. The fraction of sp³-hybridized carbons (Fsp3) is 0.381. The van der Waals surface area contributed by atoms with Crippen LogP contribution in [-0.4, -0.2) is 50.7 Å². The second kappa shape index (κ2) is 8.65. The summed E-state index contributed by atoms with van der Waals surface area (Å²) in [5.74, 6) is 1.61. The van der Waals surface area contributed by atoms with Crippen molar-refractivity contribution in [3.8, 4) is 11.5 Å². The first kappa shape index (κ1) is 19.5. The van der Waals surface area contributed by atoms with Crippen LogP contribution in [0.15, 0.2) is 40.9 Å². The molecule has 2 aromatic carbocycles. The van der Waals surface area contributed by atoms with Crippen LogP contribution in [0.4, 0.5) is 5.69 Å². The molecular weight excluding hydrogens is 408 g/mol. The Bertz CT molecular complexity index is 777. The molecule has 1 heterocycles. The summed E-state index contributed by atoms with van der Waals surface area (Å²) in [5, 5.41) is 0. The monoisotopic (exact) mass is 432 g/mol. The van der Waals surface area contributed by atoms with E-state index in [4.69, 9.17) is 9.47 Å². The van der Waals surface area contributed by atoms with E-state index >= 15 is 0 Å². The number of halogens is 1. The van der Waals surface area contributed by atoms with Gasteiger partial charge in [0.15, 0.2) is 6.61 Å². The highest BCUT2D eigenvalue weighted by Crippen LogP contribution is 2.26. The Morgan fingerprint density at radius 2 is 1.59 bits per heavy atom. The van der Waals surface area contributed by atoms with Gasteiger partial charge in [-0.2, -0.15) is 0 Å². The first-order valence-electron chi connectivity index (χ1n) is 9.04. The minimum atomic E-state index is 0.0302. The second-order valence-corrected chi connectivity index (χ2v) is 7.52. The van der Waals surface area contributed by atoms with Crippen molar-refractivity contribution in [3.05, 3.63) is 52.0 Å². The first-order valence-corrected chi connectivity index (χ1v) is 9.83. The van der Waals surface area contributed by atoms with Gasteiger partial charge in [-0.05, 0) is 61.4 Å². The second-order valence-electron chi connectivity index (χ2n) is 6.73. The molecule has 1 saturated heterocycles. The van der Waals surface area contributed by atoms with E-state index in [9.17, 15) is 4.79 Å². The van der Waals surface area contributed by atoms with E-state index in [1.54, 1.807) is 7.11 Å². The Hall–Kier alpha value is -2.21. The van der Waals surface area contributed by atoms with Crippen molar-refractivity contribution in [2.75, 3.05) is 44.8 Å². The quantitative estimate of drug-likeness (QED) is 0.720. The number of nitrogens with zero attached hydrogens (tertiary/aromatic N) is 2. The molecule has 0 spiro atoms. The molecule has 144 valence electrons. The molecule has 0 aliphatic carbocycles. The Labute approximate surface area is 169 Å². The summed E-state index contributed by atoms with van der Waals surface area (Å²) in [6.07, 6.45) is 0. The molecule has 5 nitrogen and oxygen atoms in total. The van der Waals surface area contributed by atoms with Crippen LogP contribution in [0.5, 0.6) is 11.5 Å². The molecule has 6 heteroatoms. The Morgan fingerprint density at radius 3 is 2.15 bits per heavy atom. The molecule has 0 bridgehead atoms. The summed E-state index contributed by atoms with van der Waals surface area (Å²) in [6, 6.07) is 11.9. The lowest BCUT2D eigenvalue weighted by atomic mass is 10.1. The van der Waals surface area contributed by atoms with Crippen LogP contribution in [0.25, 0.3) is 0 Å². The lowest BCUT2D eigenvalue weighted by molar-refractivity contribution is -0.133. The van der Waals surface area contributed by atoms with E-state index in [1.165, 1.54) is 0 Å². The molecule has 0 aromatic heterocycles. The average Bonchev–Trinajstić information content (AvgIpc) is 2.70. The van der Waals surface area contributed by atoms with E-state index in [0.29, 0.717) is 13.1 Å². The van der Waals surface area contributed by atoms with Crippen LogP contribution >= 0.6 is 15.9 Å². The number of hydrogen-bond donors (Lipinski definition) is 0. The van der Waals surface area contributed by atoms with Crippen LogP contribution in [0.2, 0.25) is 0 Å². The van der Waals surface area contributed by atoms with Crippen LogP contribution in [0.3, 0.4) is 0 Å². The number of carbonyl (C=O) groups is 1. The average molecular weight is 433 g/mol. The van der Waals surface area contributed by atoms with Crippen molar-refractivity contribution in [2.45, 2.75) is 13.8 Å². The molecule has 3 rings (SSSR count). The van der Waals surface area contributed by atoms with Crippen molar-refractivity contribution in [1.82, 2.24) is 4.90 Å². The van der Waals surface area contributed by atoms with Gasteiger partial charge < -0.3 is 19.3 Å². The third kappa shape index (κ3) is 4.75. The third-order valence-corrected chi connectivity index (χ3v) is 6.09. The van der Waals surface area contributed by atoms with Gasteiger partial charge in [-0.1, -0.05) is 15.9 Å². The number of ether oxygens (including phenoxy) is 2. The SMILES string of the molecule is COc1ccc(N2CCN(C(=O)COc3cc(C)c(Br)c(C)c3)CC2)cc1. The fourth-order valence-corrected chi connectivity index (χ4v) is 3.46. The lowest BCUT2D eigenvalue weighted by Gasteiger charge is -2.36. The first-order chi connectivity index (χ1) is 13.0. The van der Waals surface area contributed by atoms with Crippen molar-refractivity contribution in [2.24, 2.45) is 0 Å². The number of anilines is 1. The third-order valence-electron chi connectivity index (χ3n) is 4.84. The number of carbonyl (C=O) groups excluding carboxylic acids is 1. The molecule has 27 heavy (non-hydrogen) atoms. The van der Waals surface area contributed by atoms with Crippen molar-refractivity contribution in [1.29, 1.82) is 0 Å². The molecule has 2 aromatic rings. The van der Waals surface area contributed by atoms with E-state index in [-0.39, 0.29) is 12.5 Å². The molecule has 0 saturated carbocycles. The Morgan fingerprint density at radius 1 is 1.00 bits per heavy atom. The Kier molecular flexibility index (Phi) is 6.26. The zero-order chi connectivity index (χ0) is 19.4. The van der Waals surface area contributed by atoms with Crippen LogP contribution in [0, 0.1) is 13.8 Å². The molecule has 1 aliphatic rings. The molecular formula is C21H25BrN2O3. The maximum Gasteiger partial charge on any atom is 0.260 e. The summed E-state index contributed by atoms with van der Waals surface area (Å²) in [7, 11) is 1.67. The van der Waals surface area contributed by atoms with Gasteiger partial charge in [-0.3, -0.25) is 4.79 Å². The molecule has 0 N–H and O–H groups in total. The van der Waals surface area contributed by atoms with Gasteiger partial charge in [0.1, 0.15) is 11.5 Å². The van der Waals surface area contributed by atoms with Gasteiger partial charge in [0.05, 0.1) is 7.11 Å². The summed E-state index contributed by atoms with van der Waals surface area (Å²) in [6.45, 7) is 7.14. The molecule has 0 unspecified atom stereocenters. The predicted octanol–water partition coefficient (Wildman–Crippen LogP) is 3.80. The van der Waals surface area contributed by atoms with Crippen LogP contribution in [0.1, 0.15) is 11.1 Å². The highest BCUT2D eigenvalue weighted by atomic mass is 79.9. The number of benzene rings is 2. The van der Waals surface area contributed by atoms with E-state index in [1.807, 2.05) is 43.0 Å². The number of methoxy groups -OCH3 is 1. The number of amides is 1. The van der Waals surface area contributed by atoms with E-state index in [2.05, 4.69) is 33.0 Å². The highest BCUT2D eigenvalue weighted by Gasteiger charge is 2.21. The largest absolute Gasteiger partial charge is 0.497 e. The topological polar surface area (TPSA) is 42.0 Å². The summed E-state index contributed by atoms with van der Waals surface area (Å²) in [4.78, 5) is 16.6. The van der Waals surface area contributed by atoms with Crippen LogP contribution < -0.4 is 14.4 Å². The van der Waals surface area contributed by atoms with Crippen molar-refractivity contribution in [3.63, 3.8) is 0 Å². The van der Waals surface area contributed by atoms with Gasteiger partial charge >= 0.3 is 0 Å². The van der Waals surface area contributed by atoms with Gasteiger partial charge in [0, 0.05) is 36.3 Å². The standard InChI is InChI=1S/C21H25BrN2O3/c1-15-12-19(13-16(2)21(15)22)27-14-20(25)24-10-8-23(9-11-24)17-4-6-18(26-3)7-5-17/h4-7,12-13H,8-11,14H2,1-3H3. The fourth-order valence-electron chi connectivity index (χ4n) is 3.23. The zero-order valence-electron chi connectivity index (χ0n) is 16.0. The summed E-state index contributed by atoms with van der Waals surface area (Å²) >= 11 is 3.55. The van der Waals surface area contributed by atoms with E-state index < -0.39 is 0 Å². The highest BCUT2D eigenvalue weighted by molar-refractivity contribution is 9.10. The van der Waals surface area contributed by atoms with Crippen LogP contribution in [-0.2, 0) is 4.79 Å². The van der Waals surface area contributed by atoms with Crippen molar-refractivity contribution >= 4 is 27.5 Å². The number of piperazine rings is 1.